The fourth-order valence-corrected chi connectivity index (χ4v) is 3.61. The van der Waals surface area contributed by atoms with Gasteiger partial charge in [0.25, 0.3) is 5.91 Å². The lowest BCUT2D eigenvalue weighted by atomic mass is 10.1. The SMILES string of the molecule is C[C@@H](NC(=O)/C(C#N)=C\c1cc(Cl)c(OCc2cccc(F)c2)c(Cl)c1)c1ccccc1. The third kappa shape index (κ3) is 6.10. The summed E-state index contributed by atoms with van der Waals surface area (Å²) in [6.45, 7) is 1.91. The van der Waals surface area contributed by atoms with Gasteiger partial charge in [0, 0.05) is 0 Å². The van der Waals surface area contributed by atoms with Crippen LogP contribution < -0.4 is 10.1 Å². The van der Waals surface area contributed by atoms with Gasteiger partial charge in [-0.15, -0.1) is 0 Å². The van der Waals surface area contributed by atoms with Gasteiger partial charge in [-0.2, -0.15) is 5.26 Å². The van der Waals surface area contributed by atoms with Crippen LogP contribution in [-0.4, -0.2) is 5.91 Å². The minimum Gasteiger partial charge on any atom is -0.486 e. The molecule has 32 heavy (non-hydrogen) atoms. The van der Waals surface area contributed by atoms with E-state index >= 15 is 0 Å². The maximum Gasteiger partial charge on any atom is 0.262 e. The van der Waals surface area contributed by atoms with Gasteiger partial charge in [0.2, 0.25) is 0 Å². The summed E-state index contributed by atoms with van der Waals surface area (Å²) in [6.07, 6.45) is 1.40. The van der Waals surface area contributed by atoms with Crippen molar-refractivity contribution in [2.24, 2.45) is 0 Å². The molecule has 0 bridgehead atoms. The van der Waals surface area contributed by atoms with Crippen molar-refractivity contribution in [1.82, 2.24) is 5.32 Å². The molecule has 0 aliphatic carbocycles. The van der Waals surface area contributed by atoms with Crippen molar-refractivity contribution in [1.29, 1.82) is 5.26 Å². The molecule has 1 amide bonds. The highest BCUT2D eigenvalue weighted by Crippen LogP contribution is 2.35. The summed E-state index contributed by atoms with van der Waals surface area (Å²) in [5, 5.41) is 12.7. The first-order valence-electron chi connectivity index (χ1n) is 9.71. The van der Waals surface area contributed by atoms with Crippen LogP contribution in [0.5, 0.6) is 5.75 Å². The number of amides is 1. The lowest BCUT2D eigenvalue weighted by molar-refractivity contribution is -0.117. The van der Waals surface area contributed by atoms with Crippen molar-refractivity contribution in [3.8, 4) is 11.8 Å². The van der Waals surface area contributed by atoms with Crippen LogP contribution in [0.3, 0.4) is 0 Å². The molecule has 0 aliphatic heterocycles. The molecule has 1 N–H and O–H groups in total. The normalized spacial score (nSPS) is 12.0. The highest BCUT2D eigenvalue weighted by molar-refractivity contribution is 6.37. The topological polar surface area (TPSA) is 62.1 Å². The van der Waals surface area contributed by atoms with Crippen LogP contribution in [0.25, 0.3) is 6.08 Å². The zero-order chi connectivity index (χ0) is 23.1. The summed E-state index contributed by atoms with van der Waals surface area (Å²) < 4.78 is 19.0. The molecule has 7 heteroatoms. The number of ether oxygens (including phenoxy) is 1. The highest BCUT2D eigenvalue weighted by atomic mass is 35.5. The van der Waals surface area contributed by atoms with Gasteiger partial charge in [0.1, 0.15) is 24.1 Å². The van der Waals surface area contributed by atoms with Crippen LogP contribution in [0, 0.1) is 17.1 Å². The van der Waals surface area contributed by atoms with E-state index < -0.39 is 5.91 Å². The zero-order valence-corrected chi connectivity index (χ0v) is 18.6. The molecule has 3 rings (SSSR count). The van der Waals surface area contributed by atoms with Crippen LogP contribution in [0.2, 0.25) is 10.0 Å². The van der Waals surface area contributed by atoms with Crippen molar-refractivity contribution in [2.75, 3.05) is 0 Å². The maximum absolute atomic E-state index is 13.3. The predicted octanol–water partition coefficient (Wildman–Crippen LogP) is 6.50. The number of nitriles is 1. The lowest BCUT2D eigenvalue weighted by Gasteiger charge is -2.14. The molecule has 0 heterocycles. The van der Waals surface area contributed by atoms with Gasteiger partial charge in [0.15, 0.2) is 5.75 Å². The Hall–Kier alpha value is -3.33. The van der Waals surface area contributed by atoms with Crippen LogP contribution in [0.1, 0.15) is 29.7 Å². The molecule has 0 unspecified atom stereocenters. The van der Waals surface area contributed by atoms with E-state index in [9.17, 15) is 14.4 Å². The van der Waals surface area contributed by atoms with Gasteiger partial charge >= 0.3 is 0 Å². The quantitative estimate of drug-likeness (QED) is 0.318. The Morgan fingerprint density at radius 1 is 1.12 bits per heavy atom. The largest absolute Gasteiger partial charge is 0.486 e. The Morgan fingerprint density at radius 2 is 1.81 bits per heavy atom. The number of carbonyl (C=O) groups is 1. The number of carbonyl (C=O) groups excluding carboxylic acids is 1. The van der Waals surface area contributed by atoms with Crippen molar-refractivity contribution in [3.63, 3.8) is 0 Å². The lowest BCUT2D eigenvalue weighted by Crippen LogP contribution is -2.27. The summed E-state index contributed by atoms with van der Waals surface area (Å²) in [6, 6.07) is 20.1. The Balaban J connectivity index is 1.74. The van der Waals surface area contributed by atoms with E-state index in [2.05, 4.69) is 5.32 Å². The maximum atomic E-state index is 13.3. The summed E-state index contributed by atoms with van der Waals surface area (Å²) in [7, 11) is 0. The molecule has 0 spiro atoms. The summed E-state index contributed by atoms with van der Waals surface area (Å²) >= 11 is 12.6. The molecule has 3 aromatic carbocycles. The number of hydrogen-bond acceptors (Lipinski definition) is 3. The van der Waals surface area contributed by atoms with Gasteiger partial charge in [-0.05, 0) is 54.0 Å². The van der Waals surface area contributed by atoms with E-state index in [1.54, 1.807) is 24.3 Å². The summed E-state index contributed by atoms with van der Waals surface area (Å²) in [5.74, 6) is -0.648. The second kappa shape index (κ2) is 10.8. The number of halogens is 3. The molecule has 0 saturated heterocycles. The van der Waals surface area contributed by atoms with Crippen molar-refractivity contribution in [3.05, 3.63) is 105 Å². The Labute approximate surface area is 195 Å². The van der Waals surface area contributed by atoms with Crippen LogP contribution in [0.4, 0.5) is 4.39 Å². The van der Waals surface area contributed by atoms with Crippen molar-refractivity contribution >= 4 is 35.2 Å². The molecule has 0 fully saturated rings. The van der Waals surface area contributed by atoms with Gasteiger partial charge in [0.05, 0.1) is 16.1 Å². The first kappa shape index (κ1) is 23.3. The highest BCUT2D eigenvalue weighted by Gasteiger charge is 2.15. The van der Waals surface area contributed by atoms with Gasteiger partial charge < -0.3 is 10.1 Å². The molecule has 0 radical (unpaired) electrons. The minimum atomic E-state index is -0.512. The molecule has 1 atom stereocenters. The van der Waals surface area contributed by atoms with E-state index in [1.165, 1.54) is 18.2 Å². The number of nitrogens with zero attached hydrogens (tertiary/aromatic N) is 1. The van der Waals surface area contributed by atoms with Crippen LogP contribution in [-0.2, 0) is 11.4 Å². The second-order valence-corrected chi connectivity index (χ2v) is 7.82. The van der Waals surface area contributed by atoms with Gasteiger partial charge in [-0.25, -0.2) is 4.39 Å². The van der Waals surface area contributed by atoms with E-state index in [4.69, 9.17) is 27.9 Å². The van der Waals surface area contributed by atoms with Crippen LogP contribution >= 0.6 is 23.2 Å². The monoisotopic (exact) mass is 468 g/mol. The second-order valence-electron chi connectivity index (χ2n) is 7.01. The molecule has 162 valence electrons. The fourth-order valence-electron chi connectivity index (χ4n) is 3.00. The van der Waals surface area contributed by atoms with Crippen molar-refractivity contribution in [2.45, 2.75) is 19.6 Å². The molecule has 4 nitrogen and oxygen atoms in total. The number of rotatable bonds is 7. The molecule has 3 aromatic rings. The average molecular weight is 469 g/mol. The smallest absolute Gasteiger partial charge is 0.262 e. The summed E-state index contributed by atoms with van der Waals surface area (Å²) in [4.78, 5) is 12.6. The zero-order valence-electron chi connectivity index (χ0n) is 17.1. The molecule has 0 saturated carbocycles. The van der Waals surface area contributed by atoms with Crippen molar-refractivity contribution < 1.29 is 13.9 Å². The third-order valence-electron chi connectivity index (χ3n) is 4.62. The van der Waals surface area contributed by atoms with Crippen LogP contribution in [0.15, 0.2) is 72.3 Å². The first-order chi connectivity index (χ1) is 15.4. The first-order valence-corrected chi connectivity index (χ1v) is 10.5. The molecular formula is C25H19Cl2FN2O2. The predicted molar refractivity (Wildman–Crippen MR) is 124 cm³/mol. The van der Waals surface area contributed by atoms with Gasteiger partial charge in [-0.1, -0.05) is 65.7 Å². The Morgan fingerprint density at radius 3 is 2.44 bits per heavy atom. The summed E-state index contributed by atoms with van der Waals surface area (Å²) in [5.41, 5.74) is 1.92. The van der Waals surface area contributed by atoms with E-state index in [-0.39, 0.29) is 39.8 Å². The van der Waals surface area contributed by atoms with E-state index in [0.717, 1.165) is 5.56 Å². The van der Waals surface area contributed by atoms with E-state index in [1.807, 2.05) is 43.3 Å². The minimum absolute atomic E-state index is 0.0790. The number of hydrogen-bond donors (Lipinski definition) is 1. The molecular weight excluding hydrogens is 450 g/mol. The number of benzene rings is 3. The van der Waals surface area contributed by atoms with E-state index in [0.29, 0.717) is 11.1 Å². The third-order valence-corrected chi connectivity index (χ3v) is 5.18. The number of nitrogens with one attached hydrogen (secondary N) is 1. The average Bonchev–Trinajstić information content (AvgIpc) is 2.77. The Bertz CT molecular complexity index is 1170. The molecule has 0 aromatic heterocycles. The molecule has 0 aliphatic rings. The fraction of sp³-hybridized carbons (Fsp3) is 0.120. The van der Waals surface area contributed by atoms with Gasteiger partial charge in [-0.3, -0.25) is 4.79 Å². The Kier molecular flexibility index (Phi) is 7.88. The standard InChI is InChI=1S/C25H19Cl2FN2O2/c1-16(19-7-3-2-4-8-19)30-25(31)20(14-29)10-18-12-22(26)24(23(27)13-18)32-15-17-6-5-9-21(28)11-17/h2-13,16H,15H2,1H3,(H,30,31)/b20-10-/t16-/m1/s1.